The van der Waals surface area contributed by atoms with E-state index in [9.17, 15) is 10.1 Å². The highest BCUT2D eigenvalue weighted by Crippen LogP contribution is 2.27. The first-order valence-electron chi connectivity index (χ1n) is 6.65. The van der Waals surface area contributed by atoms with Crippen LogP contribution in [-0.2, 0) is 6.54 Å². The zero-order valence-corrected chi connectivity index (χ0v) is 11.5. The van der Waals surface area contributed by atoms with Crippen molar-refractivity contribution in [3.05, 3.63) is 40.2 Å². The first-order chi connectivity index (χ1) is 10.2. The molecule has 0 saturated heterocycles. The van der Waals surface area contributed by atoms with Gasteiger partial charge in [0.15, 0.2) is 5.75 Å². The van der Waals surface area contributed by atoms with Gasteiger partial charge in [-0.2, -0.15) is 0 Å². The van der Waals surface area contributed by atoms with Crippen LogP contribution < -0.4 is 10.1 Å². The van der Waals surface area contributed by atoms with Crippen LogP contribution in [-0.4, -0.2) is 33.1 Å². The van der Waals surface area contributed by atoms with Gasteiger partial charge in [0.2, 0.25) is 0 Å². The monoisotopic (exact) mass is 289 g/mol. The van der Waals surface area contributed by atoms with Crippen LogP contribution in [0.3, 0.4) is 0 Å². The Kier molecular flexibility index (Phi) is 3.53. The summed E-state index contributed by atoms with van der Waals surface area (Å²) in [6, 6.07) is 4.99. The summed E-state index contributed by atoms with van der Waals surface area (Å²) in [4.78, 5) is 10.3. The van der Waals surface area contributed by atoms with E-state index >= 15 is 0 Å². The van der Waals surface area contributed by atoms with E-state index in [0.717, 1.165) is 5.69 Å². The van der Waals surface area contributed by atoms with Crippen LogP contribution in [0.1, 0.15) is 18.5 Å². The van der Waals surface area contributed by atoms with Crippen LogP contribution in [0.5, 0.6) is 5.75 Å². The molecule has 0 aliphatic heterocycles. The molecule has 8 nitrogen and oxygen atoms in total. The van der Waals surface area contributed by atoms with Crippen LogP contribution >= 0.6 is 0 Å². The maximum atomic E-state index is 10.8. The number of rotatable bonds is 6. The molecule has 2 aromatic rings. The second kappa shape index (κ2) is 5.49. The van der Waals surface area contributed by atoms with Gasteiger partial charge in [0, 0.05) is 18.7 Å². The zero-order chi connectivity index (χ0) is 14.8. The molecule has 1 aliphatic carbocycles. The largest absolute Gasteiger partial charge is 0.494 e. The zero-order valence-electron chi connectivity index (χ0n) is 11.5. The molecule has 0 radical (unpaired) electrons. The van der Waals surface area contributed by atoms with Crippen molar-refractivity contribution in [2.45, 2.75) is 25.4 Å². The molecule has 0 unspecified atom stereocenters. The van der Waals surface area contributed by atoms with E-state index in [1.54, 1.807) is 16.9 Å². The average molecular weight is 289 g/mol. The molecule has 1 aromatic heterocycles. The Labute approximate surface area is 120 Å². The number of nitro benzene ring substituents is 1. The Morgan fingerprint density at radius 2 is 2.33 bits per heavy atom. The van der Waals surface area contributed by atoms with E-state index < -0.39 is 4.92 Å². The summed E-state index contributed by atoms with van der Waals surface area (Å²) < 4.78 is 6.76. The van der Waals surface area contributed by atoms with Crippen LogP contribution in [0.2, 0.25) is 0 Å². The van der Waals surface area contributed by atoms with Crippen LogP contribution in [0.25, 0.3) is 5.69 Å². The molecule has 0 bridgehead atoms. The molecule has 110 valence electrons. The number of aromatic nitrogens is 3. The van der Waals surface area contributed by atoms with E-state index in [2.05, 4.69) is 15.6 Å². The minimum absolute atomic E-state index is 0.0219. The number of benzene rings is 1. The lowest BCUT2D eigenvalue weighted by Gasteiger charge is -2.07. The number of methoxy groups -OCH3 is 1. The van der Waals surface area contributed by atoms with E-state index in [0.29, 0.717) is 24.0 Å². The molecule has 0 atom stereocenters. The molecule has 8 heteroatoms. The van der Waals surface area contributed by atoms with Gasteiger partial charge < -0.3 is 10.1 Å². The highest BCUT2D eigenvalue weighted by Gasteiger charge is 2.20. The minimum atomic E-state index is -0.460. The third kappa shape index (κ3) is 3.00. The summed E-state index contributed by atoms with van der Waals surface area (Å²) in [5, 5.41) is 22.3. The molecule has 3 rings (SSSR count). The van der Waals surface area contributed by atoms with Gasteiger partial charge in [0.1, 0.15) is 5.69 Å². The fourth-order valence-electron chi connectivity index (χ4n) is 2.00. The summed E-state index contributed by atoms with van der Waals surface area (Å²) in [5.74, 6) is 0.385. The molecule has 21 heavy (non-hydrogen) atoms. The predicted molar refractivity (Wildman–Crippen MR) is 74.4 cm³/mol. The smallest absolute Gasteiger partial charge is 0.273 e. The van der Waals surface area contributed by atoms with Gasteiger partial charge >= 0.3 is 0 Å². The minimum Gasteiger partial charge on any atom is -0.494 e. The highest BCUT2D eigenvalue weighted by atomic mass is 16.6. The number of non-ortho nitro benzene ring substituents is 1. The van der Waals surface area contributed by atoms with Gasteiger partial charge in [-0.1, -0.05) is 5.21 Å². The van der Waals surface area contributed by atoms with Crippen molar-refractivity contribution < 1.29 is 9.66 Å². The Morgan fingerprint density at radius 1 is 1.52 bits per heavy atom. The summed E-state index contributed by atoms with van der Waals surface area (Å²) in [6.45, 7) is 0.667. The number of hydrogen-bond acceptors (Lipinski definition) is 6. The van der Waals surface area contributed by atoms with Crippen molar-refractivity contribution in [3.63, 3.8) is 0 Å². The quantitative estimate of drug-likeness (QED) is 0.638. The van der Waals surface area contributed by atoms with Gasteiger partial charge in [-0.15, -0.1) is 5.10 Å². The molecular formula is C13H15N5O3. The molecule has 0 amide bonds. The Hall–Kier alpha value is -2.48. The van der Waals surface area contributed by atoms with Crippen LogP contribution in [0.4, 0.5) is 5.69 Å². The van der Waals surface area contributed by atoms with E-state index in [1.807, 2.05) is 0 Å². The summed E-state index contributed by atoms with van der Waals surface area (Å²) >= 11 is 0. The van der Waals surface area contributed by atoms with Crippen molar-refractivity contribution in [1.82, 2.24) is 20.3 Å². The molecule has 0 spiro atoms. The molecule has 1 aromatic carbocycles. The molecule has 1 aliphatic rings. The molecular weight excluding hydrogens is 274 g/mol. The van der Waals surface area contributed by atoms with Crippen molar-refractivity contribution in [1.29, 1.82) is 0 Å². The average Bonchev–Trinajstić information content (AvgIpc) is 3.21. The Bertz CT molecular complexity index is 666. The summed E-state index contributed by atoms with van der Waals surface area (Å²) in [7, 11) is 1.47. The number of hydrogen-bond donors (Lipinski definition) is 1. The maximum absolute atomic E-state index is 10.8. The van der Waals surface area contributed by atoms with Gasteiger partial charge in [-0.05, 0) is 18.9 Å². The normalized spacial score (nSPS) is 14.1. The van der Waals surface area contributed by atoms with Gasteiger partial charge in [0.25, 0.3) is 5.69 Å². The number of ether oxygens (including phenoxy) is 1. The van der Waals surface area contributed by atoms with Gasteiger partial charge in [0.05, 0.1) is 30.0 Å². The molecule has 1 heterocycles. The van der Waals surface area contributed by atoms with Gasteiger partial charge in [-0.3, -0.25) is 10.1 Å². The number of nitrogens with one attached hydrogen (secondary N) is 1. The molecule has 1 fully saturated rings. The lowest BCUT2D eigenvalue weighted by atomic mass is 10.2. The standard InChI is InChI=1S/C13H15N5O3/c1-21-13-6-11(18(19)20)4-5-12(13)17-8-10(15-16-17)7-14-9-2-3-9/h4-6,8-9,14H,2-3,7H2,1H3. The van der Waals surface area contributed by atoms with Crippen LogP contribution in [0.15, 0.2) is 24.4 Å². The Morgan fingerprint density at radius 3 is 3.00 bits per heavy atom. The SMILES string of the molecule is COc1cc([N+](=O)[O-])ccc1-n1cc(CNC2CC2)nn1. The Balaban J connectivity index is 1.83. The second-order valence-corrected chi connectivity index (χ2v) is 4.92. The first kappa shape index (κ1) is 13.5. The van der Waals surface area contributed by atoms with Crippen molar-refractivity contribution in [3.8, 4) is 11.4 Å². The lowest BCUT2D eigenvalue weighted by Crippen LogP contribution is -2.15. The lowest BCUT2D eigenvalue weighted by molar-refractivity contribution is -0.384. The highest BCUT2D eigenvalue weighted by molar-refractivity contribution is 5.52. The van der Waals surface area contributed by atoms with Crippen molar-refractivity contribution in [2.24, 2.45) is 0 Å². The third-order valence-electron chi connectivity index (χ3n) is 3.31. The fourth-order valence-corrected chi connectivity index (χ4v) is 2.00. The van der Waals surface area contributed by atoms with Gasteiger partial charge in [-0.25, -0.2) is 4.68 Å². The number of nitro groups is 1. The van der Waals surface area contributed by atoms with Crippen molar-refractivity contribution in [2.75, 3.05) is 7.11 Å². The van der Waals surface area contributed by atoms with E-state index in [4.69, 9.17) is 4.74 Å². The first-order valence-corrected chi connectivity index (χ1v) is 6.65. The fraction of sp³-hybridized carbons (Fsp3) is 0.385. The van der Waals surface area contributed by atoms with Crippen LogP contribution in [0, 0.1) is 10.1 Å². The summed E-state index contributed by atoms with van der Waals surface area (Å²) in [5.41, 5.74) is 1.42. The van der Waals surface area contributed by atoms with E-state index in [1.165, 1.54) is 32.1 Å². The topological polar surface area (TPSA) is 95.1 Å². The molecule has 1 N–H and O–H groups in total. The second-order valence-electron chi connectivity index (χ2n) is 4.92. The third-order valence-corrected chi connectivity index (χ3v) is 3.31. The predicted octanol–water partition coefficient (Wildman–Crippen LogP) is 1.44. The van der Waals surface area contributed by atoms with Crippen molar-refractivity contribution >= 4 is 5.69 Å². The van der Waals surface area contributed by atoms with E-state index in [-0.39, 0.29) is 5.69 Å². The molecule has 1 saturated carbocycles. The maximum Gasteiger partial charge on any atom is 0.273 e. The number of nitrogens with zero attached hydrogens (tertiary/aromatic N) is 4. The summed E-state index contributed by atoms with van der Waals surface area (Å²) in [6.07, 6.45) is 4.22.